The topological polar surface area (TPSA) is 67.5 Å². The lowest BCUT2D eigenvalue weighted by molar-refractivity contribution is -0.139. The van der Waals surface area contributed by atoms with Crippen molar-refractivity contribution in [2.24, 2.45) is 0 Å². The minimum atomic E-state index is -4.13. The summed E-state index contributed by atoms with van der Waals surface area (Å²) >= 11 is 0. The molecule has 2 aromatic rings. The van der Waals surface area contributed by atoms with Crippen LogP contribution < -0.4 is 15.4 Å². The molecular weight excluding hydrogens is 419 g/mol. The van der Waals surface area contributed by atoms with Crippen LogP contribution in [0.25, 0.3) is 0 Å². The number of rotatable bonds is 7. The van der Waals surface area contributed by atoms with Gasteiger partial charge < -0.3 is 15.4 Å². The number of nitrogens with zero attached hydrogens (tertiary/aromatic N) is 4. The van der Waals surface area contributed by atoms with Crippen LogP contribution in [-0.4, -0.2) is 58.9 Å². The first kappa shape index (κ1) is 22.6. The third kappa shape index (κ3) is 5.82. The van der Waals surface area contributed by atoms with Crippen LogP contribution in [0.5, 0.6) is 5.75 Å². The molecule has 0 radical (unpaired) electrons. The minimum absolute atomic E-state index is 0.0118. The van der Waals surface area contributed by atoms with E-state index < -0.39 is 12.6 Å². The number of hydrogen-bond donors (Lipinski definition) is 1. The van der Waals surface area contributed by atoms with Crippen LogP contribution in [0.3, 0.4) is 0 Å². The molecule has 0 unspecified atom stereocenters. The van der Waals surface area contributed by atoms with Gasteiger partial charge in [-0.25, -0.2) is 9.97 Å². The van der Waals surface area contributed by atoms with Gasteiger partial charge in [-0.3, -0.25) is 4.90 Å². The lowest BCUT2D eigenvalue weighted by Gasteiger charge is -2.40. The van der Waals surface area contributed by atoms with E-state index in [9.17, 15) is 13.2 Å². The first-order valence-electron chi connectivity index (χ1n) is 11.0. The molecule has 1 aliphatic heterocycles. The fourth-order valence-electron chi connectivity index (χ4n) is 4.02. The highest BCUT2D eigenvalue weighted by molar-refractivity contribution is 5.52. The number of hydrogen-bond acceptors (Lipinski definition) is 6. The van der Waals surface area contributed by atoms with Crippen molar-refractivity contribution in [3.05, 3.63) is 41.9 Å². The van der Waals surface area contributed by atoms with Crippen molar-refractivity contribution in [1.82, 2.24) is 14.9 Å². The van der Waals surface area contributed by atoms with Crippen molar-refractivity contribution < 1.29 is 17.9 Å². The van der Waals surface area contributed by atoms with Crippen LogP contribution >= 0.6 is 0 Å². The summed E-state index contributed by atoms with van der Waals surface area (Å²) in [5.41, 5.74) is 8.60. The molecule has 0 bridgehead atoms. The summed E-state index contributed by atoms with van der Waals surface area (Å²) in [6.45, 7) is 5.91. The summed E-state index contributed by atoms with van der Waals surface area (Å²) in [7, 11) is 0. The molecule has 0 spiro atoms. The second-order valence-corrected chi connectivity index (χ2v) is 9.15. The Labute approximate surface area is 186 Å². The maximum Gasteiger partial charge on any atom is 0.390 e. The van der Waals surface area contributed by atoms with Crippen LogP contribution in [-0.2, 0) is 6.42 Å². The number of benzene rings is 1. The molecule has 1 saturated heterocycles. The number of piperazine rings is 1. The van der Waals surface area contributed by atoms with Crippen LogP contribution in [0.15, 0.2) is 30.6 Å². The number of nitrogens with two attached hydrogens (primary N) is 1. The predicted octanol–water partition coefficient (Wildman–Crippen LogP) is 4.04. The van der Waals surface area contributed by atoms with E-state index in [1.54, 1.807) is 0 Å². The van der Waals surface area contributed by atoms with Crippen LogP contribution in [0.2, 0.25) is 0 Å². The highest BCUT2D eigenvalue weighted by atomic mass is 19.4. The Morgan fingerprint density at radius 1 is 1.19 bits per heavy atom. The highest BCUT2D eigenvalue weighted by Gasteiger charge is 2.40. The summed E-state index contributed by atoms with van der Waals surface area (Å²) in [6, 6.07) is 7.68. The molecule has 0 amide bonds. The normalized spacial score (nSPS) is 20.9. The lowest BCUT2D eigenvalue weighted by Crippen LogP contribution is -2.52. The van der Waals surface area contributed by atoms with Crippen molar-refractivity contribution in [2.45, 2.75) is 57.3 Å². The fraction of sp³-hybridized carbons (Fsp3) is 0.565. The van der Waals surface area contributed by atoms with E-state index in [-0.39, 0.29) is 18.2 Å². The van der Waals surface area contributed by atoms with Gasteiger partial charge in [0.15, 0.2) is 0 Å². The largest absolute Gasteiger partial charge is 0.488 e. The molecule has 1 aromatic heterocycles. The van der Waals surface area contributed by atoms with E-state index in [0.717, 1.165) is 35.7 Å². The number of aromatic nitrogens is 2. The maximum absolute atomic E-state index is 12.6. The Morgan fingerprint density at radius 2 is 1.97 bits per heavy atom. The minimum Gasteiger partial charge on any atom is -0.488 e. The van der Waals surface area contributed by atoms with Crippen molar-refractivity contribution >= 4 is 11.5 Å². The van der Waals surface area contributed by atoms with Gasteiger partial charge in [-0.05, 0) is 50.5 Å². The van der Waals surface area contributed by atoms with E-state index in [1.807, 2.05) is 36.1 Å². The van der Waals surface area contributed by atoms with E-state index in [2.05, 4.69) is 21.8 Å². The Morgan fingerprint density at radius 3 is 2.66 bits per heavy atom. The average Bonchev–Trinajstić information content (AvgIpc) is 3.46. The fourth-order valence-corrected chi connectivity index (χ4v) is 4.02. The monoisotopic (exact) mass is 449 g/mol. The molecule has 32 heavy (non-hydrogen) atoms. The van der Waals surface area contributed by atoms with Gasteiger partial charge in [0, 0.05) is 50.4 Å². The number of ether oxygens (including phenoxy) is 1. The molecule has 1 saturated carbocycles. The van der Waals surface area contributed by atoms with Crippen LogP contribution in [0.1, 0.15) is 44.4 Å². The molecule has 9 heteroatoms. The number of alkyl halides is 3. The Bertz CT molecular complexity index is 947. The van der Waals surface area contributed by atoms with Gasteiger partial charge in [0.05, 0.1) is 12.1 Å². The average molecular weight is 450 g/mol. The van der Waals surface area contributed by atoms with E-state index >= 15 is 0 Å². The molecule has 2 aliphatic rings. The zero-order chi connectivity index (χ0) is 22.9. The molecule has 2 heterocycles. The maximum atomic E-state index is 12.6. The molecule has 6 nitrogen and oxygen atoms in total. The third-order valence-corrected chi connectivity index (χ3v) is 6.29. The molecule has 1 aromatic carbocycles. The zero-order valence-electron chi connectivity index (χ0n) is 18.5. The van der Waals surface area contributed by atoms with Crippen molar-refractivity contribution in [2.75, 3.05) is 36.8 Å². The highest BCUT2D eigenvalue weighted by Crippen LogP contribution is 2.40. The Hall–Kier alpha value is -2.55. The van der Waals surface area contributed by atoms with Gasteiger partial charge in [0.25, 0.3) is 0 Å². The van der Waals surface area contributed by atoms with Crippen LogP contribution in [0.4, 0.5) is 24.7 Å². The van der Waals surface area contributed by atoms with E-state index in [4.69, 9.17) is 10.5 Å². The van der Waals surface area contributed by atoms with Gasteiger partial charge in [-0.2, -0.15) is 13.2 Å². The van der Waals surface area contributed by atoms with Gasteiger partial charge >= 0.3 is 6.18 Å². The molecule has 2 N–H and O–H groups in total. The van der Waals surface area contributed by atoms with Gasteiger partial charge in [-0.1, -0.05) is 0 Å². The smallest absolute Gasteiger partial charge is 0.390 e. The quantitative estimate of drug-likeness (QED) is 0.644. The van der Waals surface area contributed by atoms with E-state index in [1.165, 1.54) is 6.33 Å². The number of anilines is 2. The molecule has 1 atom stereocenters. The third-order valence-electron chi connectivity index (χ3n) is 6.29. The Balaban J connectivity index is 1.40. The zero-order valence-corrected chi connectivity index (χ0v) is 18.5. The second kappa shape index (κ2) is 8.77. The van der Waals surface area contributed by atoms with Crippen molar-refractivity contribution in [3.8, 4) is 5.75 Å². The van der Waals surface area contributed by atoms with Gasteiger partial charge in [0.2, 0.25) is 0 Å². The summed E-state index contributed by atoms with van der Waals surface area (Å²) < 4.78 is 43.8. The first-order valence-corrected chi connectivity index (χ1v) is 11.0. The van der Waals surface area contributed by atoms with Crippen molar-refractivity contribution in [1.29, 1.82) is 0 Å². The van der Waals surface area contributed by atoms with Crippen LogP contribution in [0, 0.1) is 0 Å². The lowest BCUT2D eigenvalue weighted by atomic mass is 10.1. The summed E-state index contributed by atoms with van der Waals surface area (Å²) in [5.74, 6) is 1.60. The molecule has 1 aliphatic carbocycles. The standard InChI is InChI=1S/C23H30F3N5O/c1-16-14-31(10-9-30(16)8-7-23(24,25)26)21-13-18(28-15-29-21)11-17-12-19(3-4-20(17)27)32-22(2)5-6-22/h3-4,12-13,15-16H,5-11,14,27H2,1-2H3/t16-/m0/s1. The second-order valence-electron chi connectivity index (χ2n) is 9.15. The van der Waals surface area contributed by atoms with Crippen molar-refractivity contribution in [3.63, 3.8) is 0 Å². The molecule has 174 valence electrons. The number of halogens is 3. The predicted molar refractivity (Wildman–Crippen MR) is 118 cm³/mol. The summed E-state index contributed by atoms with van der Waals surface area (Å²) in [4.78, 5) is 12.8. The molecular formula is C23H30F3N5O. The molecule has 2 fully saturated rings. The first-order chi connectivity index (χ1) is 15.1. The van der Waals surface area contributed by atoms with Gasteiger partial charge in [-0.15, -0.1) is 0 Å². The number of nitrogen functional groups attached to an aromatic ring is 1. The SMILES string of the molecule is C[C@H]1CN(c2cc(Cc3cc(OC4(C)CC4)ccc3N)ncn2)CCN1CCC(F)(F)F. The van der Waals surface area contributed by atoms with E-state index in [0.29, 0.717) is 31.7 Å². The Kier molecular flexibility index (Phi) is 6.20. The molecule has 4 rings (SSSR count). The van der Waals surface area contributed by atoms with Gasteiger partial charge in [0.1, 0.15) is 23.5 Å². The summed E-state index contributed by atoms with van der Waals surface area (Å²) in [5, 5.41) is 0. The summed E-state index contributed by atoms with van der Waals surface area (Å²) in [6.07, 6.45) is -0.700.